The van der Waals surface area contributed by atoms with Crippen LogP contribution in [0, 0.1) is 5.92 Å². The molecule has 0 aliphatic carbocycles. The summed E-state index contributed by atoms with van der Waals surface area (Å²) < 4.78 is 4.99. The van der Waals surface area contributed by atoms with Gasteiger partial charge in [-0.1, -0.05) is 37.6 Å². The lowest BCUT2D eigenvalue weighted by atomic mass is 9.96. The fourth-order valence-electron chi connectivity index (χ4n) is 2.16. The van der Waals surface area contributed by atoms with Crippen LogP contribution in [-0.4, -0.2) is 18.0 Å². The predicted octanol–water partition coefficient (Wildman–Crippen LogP) is 3.87. The van der Waals surface area contributed by atoms with Crippen LogP contribution in [0.4, 0.5) is 0 Å². The van der Waals surface area contributed by atoms with Crippen molar-refractivity contribution in [1.82, 2.24) is 10.3 Å². The van der Waals surface area contributed by atoms with E-state index in [-0.39, 0.29) is 17.9 Å². The molecule has 0 fully saturated rings. The maximum atomic E-state index is 12.4. The lowest BCUT2D eigenvalue weighted by molar-refractivity contribution is 0.0925. The number of halogens is 1. The number of pyridine rings is 1. The zero-order valence-corrected chi connectivity index (χ0v) is 13.6. The molecule has 1 aromatic heterocycles. The van der Waals surface area contributed by atoms with Gasteiger partial charge in [0.15, 0.2) is 0 Å². The Labute approximate surface area is 135 Å². The van der Waals surface area contributed by atoms with Gasteiger partial charge in [0.25, 0.3) is 5.91 Å². The number of methoxy groups -OCH3 is 1. The van der Waals surface area contributed by atoms with Crippen LogP contribution in [0.25, 0.3) is 0 Å². The summed E-state index contributed by atoms with van der Waals surface area (Å²) in [5, 5.41) is 3.72. The Morgan fingerprint density at radius 3 is 2.36 bits per heavy atom. The van der Waals surface area contributed by atoms with Crippen molar-refractivity contribution in [3.8, 4) is 5.88 Å². The number of carbonyl (C=O) groups is 1. The van der Waals surface area contributed by atoms with Crippen molar-refractivity contribution in [2.75, 3.05) is 7.11 Å². The van der Waals surface area contributed by atoms with Gasteiger partial charge >= 0.3 is 0 Å². The van der Waals surface area contributed by atoms with Gasteiger partial charge in [-0.3, -0.25) is 4.79 Å². The summed E-state index contributed by atoms with van der Waals surface area (Å²) in [7, 11) is 1.54. The highest BCUT2D eigenvalue weighted by Gasteiger charge is 2.19. The Morgan fingerprint density at radius 2 is 1.86 bits per heavy atom. The summed E-state index contributed by atoms with van der Waals surface area (Å²) in [6.07, 6.45) is 1.51. The Morgan fingerprint density at radius 1 is 1.18 bits per heavy atom. The predicted molar refractivity (Wildman–Crippen MR) is 87.3 cm³/mol. The summed E-state index contributed by atoms with van der Waals surface area (Å²) in [5.41, 5.74) is 1.52. The summed E-state index contributed by atoms with van der Waals surface area (Å²) >= 11 is 5.92. The minimum Gasteiger partial charge on any atom is -0.481 e. The van der Waals surface area contributed by atoms with Gasteiger partial charge in [0, 0.05) is 17.3 Å². The number of amides is 1. The van der Waals surface area contributed by atoms with Gasteiger partial charge < -0.3 is 10.1 Å². The number of rotatable bonds is 5. The lowest BCUT2D eigenvalue weighted by Gasteiger charge is -2.23. The molecule has 1 heterocycles. The van der Waals surface area contributed by atoms with Crippen molar-refractivity contribution in [2.24, 2.45) is 5.92 Å². The fourth-order valence-corrected chi connectivity index (χ4v) is 2.29. The van der Waals surface area contributed by atoms with Crippen LogP contribution in [0.15, 0.2) is 42.6 Å². The van der Waals surface area contributed by atoms with E-state index in [1.165, 1.54) is 13.3 Å². The van der Waals surface area contributed by atoms with Crippen LogP contribution in [0.2, 0.25) is 5.02 Å². The van der Waals surface area contributed by atoms with Crippen molar-refractivity contribution in [1.29, 1.82) is 0 Å². The smallest absolute Gasteiger partial charge is 0.253 e. The molecule has 4 nitrogen and oxygen atoms in total. The normalized spacial score (nSPS) is 12.0. The topological polar surface area (TPSA) is 51.2 Å². The molecule has 0 saturated carbocycles. The van der Waals surface area contributed by atoms with Crippen molar-refractivity contribution >= 4 is 17.5 Å². The Kier molecular flexibility index (Phi) is 5.39. The van der Waals surface area contributed by atoms with E-state index in [0.717, 1.165) is 5.56 Å². The molecule has 1 atom stereocenters. The second-order valence-corrected chi connectivity index (χ2v) is 5.77. The Bertz CT molecular complexity index is 624. The molecule has 116 valence electrons. The molecule has 2 aromatic rings. The van der Waals surface area contributed by atoms with E-state index in [0.29, 0.717) is 16.5 Å². The highest BCUT2D eigenvalue weighted by atomic mass is 35.5. The molecule has 0 radical (unpaired) electrons. The van der Waals surface area contributed by atoms with Gasteiger partial charge in [0.1, 0.15) is 0 Å². The maximum Gasteiger partial charge on any atom is 0.253 e. The van der Waals surface area contributed by atoms with Crippen LogP contribution >= 0.6 is 11.6 Å². The minimum absolute atomic E-state index is 0.0909. The number of benzene rings is 1. The molecular formula is C17H19ClN2O2. The number of aromatic nitrogens is 1. The first kappa shape index (κ1) is 16.3. The summed E-state index contributed by atoms with van der Waals surface area (Å²) in [5.74, 6) is 0.565. The zero-order valence-electron chi connectivity index (χ0n) is 12.8. The summed E-state index contributed by atoms with van der Waals surface area (Å²) in [6, 6.07) is 10.8. The highest BCUT2D eigenvalue weighted by molar-refractivity contribution is 6.30. The number of carbonyl (C=O) groups excluding carboxylic acids is 1. The second kappa shape index (κ2) is 7.27. The van der Waals surface area contributed by atoms with Gasteiger partial charge in [-0.15, -0.1) is 0 Å². The van der Waals surface area contributed by atoms with Crippen molar-refractivity contribution in [3.05, 3.63) is 58.7 Å². The zero-order chi connectivity index (χ0) is 16.1. The molecule has 1 unspecified atom stereocenters. The molecule has 1 amide bonds. The van der Waals surface area contributed by atoms with Gasteiger partial charge in [-0.25, -0.2) is 4.98 Å². The number of hydrogen-bond acceptors (Lipinski definition) is 3. The molecule has 5 heteroatoms. The summed E-state index contributed by atoms with van der Waals surface area (Å²) in [4.78, 5) is 16.4. The Balaban J connectivity index is 2.16. The van der Waals surface area contributed by atoms with Crippen LogP contribution in [0.3, 0.4) is 0 Å². The molecular weight excluding hydrogens is 300 g/mol. The van der Waals surface area contributed by atoms with Gasteiger partial charge in [0.05, 0.1) is 18.7 Å². The first-order valence-electron chi connectivity index (χ1n) is 7.07. The molecule has 0 aliphatic rings. The van der Waals surface area contributed by atoms with E-state index in [2.05, 4.69) is 24.1 Å². The average molecular weight is 319 g/mol. The number of hydrogen-bond donors (Lipinski definition) is 1. The van der Waals surface area contributed by atoms with Crippen LogP contribution < -0.4 is 10.1 Å². The third-order valence-electron chi connectivity index (χ3n) is 3.39. The molecule has 0 spiro atoms. The Hall–Kier alpha value is -2.07. The first-order valence-corrected chi connectivity index (χ1v) is 7.45. The highest BCUT2D eigenvalue weighted by Crippen LogP contribution is 2.23. The van der Waals surface area contributed by atoms with Gasteiger partial charge in [-0.2, -0.15) is 0 Å². The molecule has 0 bridgehead atoms. The minimum atomic E-state index is -0.163. The fraction of sp³-hybridized carbons (Fsp3) is 0.294. The standard InChI is InChI=1S/C17H19ClN2O2/c1-11(2)16(12-4-7-14(18)8-5-12)20-17(21)13-6-9-15(22-3)19-10-13/h4-11,16H,1-3H3,(H,20,21). The monoisotopic (exact) mass is 318 g/mol. The third-order valence-corrected chi connectivity index (χ3v) is 3.64. The van der Waals surface area contributed by atoms with E-state index in [1.54, 1.807) is 12.1 Å². The SMILES string of the molecule is COc1ccc(C(=O)NC(c2ccc(Cl)cc2)C(C)C)cn1. The summed E-state index contributed by atoms with van der Waals surface area (Å²) in [6.45, 7) is 4.12. The van der Waals surface area contributed by atoms with Gasteiger partial charge in [-0.05, 0) is 29.7 Å². The van der Waals surface area contributed by atoms with Crippen molar-refractivity contribution < 1.29 is 9.53 Å². The number of ether oxygens (including phenoxy) is 1. The molecule has 1 N–H and O–H groups in total. The van der Waals surface area contributed by atoms with Crippen LogP contribution in [-0.2, 0) is 0 Å². The van der Waals surface area contributed by atoms with E-state index >= 15 is 0 Å². The molecule has 22 heavy (non-hydrogen) atoms. The lowest BCUT2D eigenvalue weighted by Crippen LogP contribution is -2.31. The first-order chi connectivity index (χ1) is 10.5. The van der Waals surface area contributed by atoms with Crippen molar-refractivity contribution in [2.45, 2.75) is 19.9 Å². The van der Waals surface area contributed by atoms with Crippen LogP contribution in [0.5, 0.6) is 5.88 Å². The average Bonchev–Trinajstić information content (AvgIpc) is 2.53. The van der Waals surface area contributed by atoms with Crippen molar-refractivity contribution in [3.63, 3.8) is 0 Å². The number of nitrogens with one attached hydrogen (secondary N) is 1. The molecule has 0 saturated heterocycles. The third kappa shape index (κ3) is 3.98. The van der Waals surface area contributed by atoms with E-state index in [4.69, 9.17) is 16.3 Å². The van der Waals surface area contributed by atoms with E-state index in [1.807, 2.05) is 24.3 Å². The maximum absolute atomic E-state index is 12.4. The van der Waals surface area contributed by atoms with E-state index < -0.39 is 0 Å². The molecule has 2 rings (SSSR count). The largest absolute Gasteiger partial charge is 0.481 e. The second-order valence-electron chi connectivity index (χ2n) is 5.34. The van der Waals surface area contributed by atoms with E-state index in [9.17, 15) is 4.79 Å². The van der Waals surface area contributed by atoms with Crippen LogP contribution in [0.1, 0.15) is 35.8 Å². The molecule has 1 aromatic carbocycles. The molecule has 0 aliphatic heterocycles. The number of nitrogens with zero attached hydrogens (tertiary/aromatic N) is 1. The van der Waals surface area contributed by atoms with Gasteiger partial charge in [0.2, 0.25) is 5.88 Å². The quantitative estimate of drug-likeness (QED) is 0.910.